The molecule has 0 spiro atoms. The molecule has 0 N–H and O–H groups in total. The fourth-order valence-electron chi connectivity index (χ4n) is 0.992. The predicted octanol–water partition coefficient (Wildman–Crippen LogP) is 2.61. The monoisotopic (exact) mass is 430 g/mol. The van der Waals surface area contributed by atoms with E-state index in [9.17, 15) is 9.59 Å². The molecule has 0 bridgehead atoms. The summed E-state index contributed by atoms with van der Waals surface area (Å²) in [5.74, 6) is -0.797. The van der Waals surface area contributed by atoms with Crippen molar-refractivity contribution >= 4 is 56.9 Å². The van der Waals surface area contributed by atoms with E-state index in [2.05, 4.69) is 4.74 Å². The normalized spacial score (nSPS) is 10.9. The lowest BCUT2D eigenvalue weighted by Gasteiger charge is -2.15. The fraction of sp³-hybridized carbons (Fsp3) is 0.200. The molecule has 3 nitrogen and oxygen atoms in total. The maximum Gasteiger partial charge on any atom is 0.340 e. The summed E-state index contributed by atoms with van der Waals surface area (Å²) in [6.07, 6.45) is 0. The smallest absolute Gasteiger partial charge is 0.340 e. The van der Waals surface area contributed by atoms with Gasteiger partial charge in [0.05, 0.1) is 7.11 Å². The summed E-state index contributed by atoms with van der Waals surface area (Å²) in [6, 6.07) is 8.69. The van der Waals surface area contributed by atoms with Crippen LogP contribution < -0.4 is 0 Å². The number of benzene rings is 1. The molecule has 1 rings (SSSR count). The van der Waals surface area contributed by atoms with Crippen LogP contribution in [0.15, 0.2) is 30.3 Å². The summed E-state index contributed by atoms with van der Waals surface area (Å²) >= 11 is 3.59. The number of Topliss-reactive ketones (excluding diaryl/α,β-unsaturated/α-hetero) is 1. The standard InChI is InChI=1S/C10H8I2O3/c1-15-9(14)10(11,12)8(13)7-5-3-2-4-6-7/h2-6H,1H3. The molecule has 15 heavy (non-hydrogen) atoms. The Morgan fingerprint density at radius 3 is 2.20 bits per heavy atom. The quantitative estimate of drug-likeness (QED) is 0.244. The highest BCUT2D eigenvalue weighted by atomic mass is 127. The van der Waals surface area contributed by atoms with Gasteiger partial charge in [-0.3, -0.25) is 4.79 Å². The highest BCUT2D eigenvalue weighted by Crippen LogP contribution is 2.33. The van der Waals surface area contributed by atoms with Crippen molar-refractivity contribution in [3.05, 3.63) is 35.9 Å². The SMILES string of the molecule is COC(=O)C(I)(I)C(=O)c1ccccc1. The largest absolute Gasteiger partial charge is 0.467 e. The molecule has 80 valence electrons. The van der Waals surface area contributed by atoms with Crippen LogP contribution in [0.5, 0.6) is 0 Å². The van der Waals surface area contributed by atoms with Crippen molar-refractivity contribution in [3.63, 3.8) is 0 Å². The van der Waals surface area contributed by atoms with Crippen LogP contribution >= 0.6 is 45.2 Å². The van der Waals surface area contributed by atoms with E-state index in [0.29, 0.717) is 5.56 Å². The van der Waals surface area contributed by atoms with E-state index in [0.717, 1.165) is 0 Å². The molecule has 0 amide bonds. The molecule has 0 heterocycles. The van der Waals surface area contributed by atoms with Crippen LogP contribution in [0.1, 0.15) is 10.4 Å². The lowest BCUT2D eigenvalue weighted by atomic mass is 10.1. The molecule has 0 saturated heterocycles. The third-order valence-electron chi connectivity index (χ3n) is 1.76. The number of rotatable bonds is 3. The highest BCUT2D eigenvalue weighted by Gasteiger charge is 2.42. The summed E-state index contributed by atoms with van der Waals surface area (Å²) in [4.78, 5) is 23.3. The number of carbonyl (C=O) groups is 2. The molecule has 0 atom stereocenters. The number of hydrogen-bond donors (Lipinski definition) is 0. The van der Waals surface area contributed by atoms with Gasteiger partial charge >= 0.3 is 5.97 Å². The Hall–Kier alpha value is -0.180. The number of halogens is 2. The Morgan fingerprint density at radius 1 is 1.20 bits per heavy atom. The number of ether oxygens (including phenoxy) is 1. The highest BCUT2D eigenvalue weighted by molar-refractivity contribution is 14.2. The Labute approximate surface area is 115 Å². The Balaban J connectivity index is 3.00. The van der Waals surface area contributed by atoms with Crippen LogP contribution in [0.3, 0.4) is 0 Å². The van der Waals surface area contributed by atoms with Crippen molar-refractivity contribution in [1.29, 1.82) is 0 Å². The fourth-order valence-corrected chi connectivity index (χ4v) is 2.05. The van der Waals surface area contributed by atoms with Crippen LogP contribution in [-0.4, -0.2) is 20.3 Å². The third-order valence-corrected chi connectivity index (χ3v) is 3.62. The molecule has 0 unspecified atom stereocenters. The van der Waals surface area contributed by atoms with Gasteiger partial charge in [0.2, 0.25) is 1.43 Å². The van der Waals surface area contributed by atoms with Gasteiger partial charge in [0.15, 0.2) is 5.78 Å². The lowest BCUT2D eigenvalue weighted by molar-refractivity contribution is -0.139. The van der Waals surface area contributed by atoms with Gasteiger partial charge < -0.3 is 4.74 Å². The van der Waals surface area contributed by atoms with Crippen molar-refractivity contribution in [2.75, 3.05) is 7.11 Å². The molecule has 1 aromatic carbocycles. The van der Waals surface area contributed by atoms with E-state index in [1.807, 2.05) is 6.07 Å². The number of carbonyl (C=O) groups excluding carboxylic acids is 2. The Morgan fingerprint density at radius 2 is 1.73 bits per heavy atom. The molecular weight excluding hydrogens is 422 g/mol. The molecule has 1 aromatic rings. The van der Waals surface area contributed by atoms with Crippen LogP contribution in [0, 0.1) is 0 Å². The van der Waals surface area contributed by atoms with Gasteiger partial charge in [-0.25, -0.2) is 4.79 Å². The molecule has 0 aliphatic heterocycles. The van der Waals surface area contributed by atoms with Crippen LogP contribution in [0.2, 0.25) is 0 Å². The summed E-state index contributed by atoms with van der Waals surface area (Å²) in [5.41, 5.74) is 0.506. The molecule has 0 aliphatic carbocycles. The first kappa shape index (κ1) is 12.9. The number of esters is 1. The van der Waals surface area contributed by atoms with Gasteiger partial charge in [-0.2, -0.15) is 0 Å². The van der Waals surface area contributed by atoms with Gasteiger partial charge in [-0.15, -0.1) is 0 Å². The third kappa shape index (κ3) is 2.90. The Kier molecular flexibility index (Phi) is 4.50. The van der Waals surface area contributed by atoms with Crippen molar-refractivity contribution in [1.82, 2.24) is 0 Å². The molecular formula is C10H8I2O3. The van der Waals surface area contributed by atoms with E-state index in [1.165, 1.54) is 7.11 Å². The molecule has 0 aromatic heterocycles. The second kappa shape index (κ2) is 5.24. The van der Waals surface area contributed by atoms with Crippen molar-refractivity contribution in [2.45, 2.75) is 1.43 Å². The number of hydrogen-bond acceptors (Lipinski definition) is 3. The van der Waals surface area contributed by atoms with E-state index >= 15 is 0 Å². The minimum Gasteiger partial charge on any atom is -0.467 e. The minimum atomic E-state index is -1.19. The van der Waals surface area contributed by atoms with Gasteiger partial charge in [-0.1, -0.05) is 30.3 Å². The predicted molar refractivity (Wildman–Crippen MR) is 73.6 cm³/mol. The lowest BCUT2D eigenvalue weighted by Crippen LogP contribution is -2.35. The maximum absolute atomic E-state index is 12.0. The van der Waals surface area contributed by atoms with Crippen molar-refractivity contribution < 1.29 is 14.3 Å². The topological polar surface area (TPSA) is 43.4 Å². The van der Waals surface area contributed by atoms with E-state index < -0.39 is 7.40 Å². The van der Waals surface area contributed by atoms with Gasteiger partial charge in [0.25, 0.3) is 0 Å². The van der Waals surface area contributed by atoms with Gasteiger partial charge in [0.1, 0.15) is 0 Å². The molecule has 0 fully saturated rings. The van der Waals surface area contributed by atoms with E-state index in [-0.39, 0.29) is 5.78 Å². The number of ketones is 1. The van der Waals surface area contributed by atoms with Crippen LogP contribution in [-0.2, 0) is 9.53 Å². The first-order valence-electron chi connectivity index (χ1n) is 4.06. The average Bonchev–Trinajstić information content (AvgIpc) is 2.28. The second-order valence-electron chi connectivity index (χ2n) is 2.76. The van der Waals surface area contributed by atoms with E-state index in [1.54, 1.807) is 69.4 Å². The molecule has 0 aliphatic rings. The first-order chi connectivity index (χ1) is 7.00. The van der Waals surface area contributed by atoms with Crippen molar-refractivity contribution in [2.24, 2.45) is 0 Å². The minimum absolute atomic E-state index is 0.254. The zero-order valence-electron chi connectivity index (χ0n) is 7.87. The maximum atomic E-state index is 12.0. The Bertz CT molecular complexity index is 374. The number of methoxy groups -OCH3 is 1. The van der Waals surface area contributed by atoms with Gasteiger partial charge in [-0.05, 0) is 45.2 Å². The first-order valence-corrected chi connectivity index (χ1v) is 6.22. The van der Waals surface area contributed by atoms with Crippen LogP contribution in [0.4, 0.5) is 0 Å². The summed E-state index contributed by atoms with van der Waals surface area (Å²) in [5, 5.41) is 0. The summed E-state index contributed by atoms with van der Waals surface area (Å²) in [6.45, 7) is 0. The second-order valence-corrected chi connectivity index (χ2v) is 8.06. The van der Waals surface area contributed by atoms with Crippen molar-refractivity contribution in [3.8, 4) is 0 Å². The molecule has 5 heteroatoms. The van der Waals surface area contributed by atoms with Gasteiger partial charge in [0, 0.05) is 5.56 Å². The zero-order chi connectivity index (χ0) is 11.5. The number of alkyl halides is 2. The molecule has 0 saturated carbocycles. The molecule has 0 radical (unpaired) electrons. The zero-order valence-corrected chi connectivity index (χ0v) is 12.2. The summed E-state index contributed by atoms with van der Waals surface area (Å²) in [7, 11) is 1.27. The van der Waals surface area contributed by atoms with Crippen LogP contribution in [0.25, 0.3) is 0 Å². The van der Waals surface area contributed by atoms with E-state index in [4.69, 9.17) is 0 Å². The summed E-state index contributed by atoms with van der Waals surface area (Å²) < 4.78 is 3.39. The average molecular weight is 430 g/mol.